The number of hydrogen-bond donors (Lipinski definition) is 0. The maximum absolute atomic E-state index is 11.5. The summed E-state index contributed by atoms with van der Waals surface area (Å²) < 4.78 is 13.1. The molecule has 0 unspecified atom stereocenters. The second-order valence-corrected chi connectivity index (χ2v) is 7.38. The Bertz CT molecular complexity index is 1170. The average Bonchev–Trinajstić information content (AvgIpc) is 3.31. The number of aromatic nitrogens is 1. The molecule has 1 aliphatic rings. The lowest BCUT2D eigenvalue weighted by Crippen LogP contribution is -2.11. The molecule has 1 aromatic heterocycles. The molecule has 4 rings (SSSR count). The van der Waals surface area contributed by atoms with E-state index >= 15 is 0 Å². The number of halogens is 1. The zero-order valence-electron chi connectivity index (χ0n) is 14.5. The number of benzene rings is 2. The van der Waals surface area contributed by atoms with Crippen LogP contribution in [0.25, 0.3) is 11.3 Å². The van der Waals surface area contributed by atoms with Crippen molar-refractivity contribution in [1.29, 1.82) is 0 Å². The van der Waals surface area contributed by atoms with Gasteiger partial charge in [0.2, 0.25) is 11.6 Å². The van der Waals surface area contributed by atoms with Gasteiger partial charge < -0.3 is 9.47 Å². The van der Waals surface area contributed by atoms with E-state index in [-0.39, 0.29) is 12.5 Å². The third kappa shape index (κ3) is 3.32. The molecule has 0 saturated heterocycles. The molecular weight excluding hydrogens is 448 g/mol. The highest BCUT2D eigenvalue weighted by molar-refractivity contribution is 9.10. The molecule has 142 valence electrons. The number of nitro benzene ring substituents is 1. The van der Waals surface area contributed by atoms with Gasteiger partial charge in [-0.25, -0.2) is 4.68 Å². The van der Waals surface area contributed by atoms with Gasteiger partial charge in [0.1, 0.15) is 0 Å². The van der Waals surface area contributed by atoms with Crippen LogP contribution in [-0.2, 0) is 0 Å². The Labute approximate surface area is 171 Å². The Morgan fingerprint density at radius 3 is 2.75 bits per heavy atom. The number of nitro groups is 1. The normalized spacial score (nSPS) is 13.4. The summed E-state index contributed by atoms with van der Waals surface area (Å²) in [6.45, 7) is 0.0391. The lowest BCUT2D eigenvalue weighted by atomic mass is 10.1. The molecule has 0 aliphatic carbocycles. The average molecular weight is 461 g/mol. The second-order valence-electron chi connectivity index (χ2n) is 5.68. The fraction of sp³-hybridized carbons (Fsp3) is 0.111. The minimum absolute atomic E-state index is 0.0391. The van der Waals surface area contributed by atoms with E-state index < -0.39 is 4.92 Å². The first-order valence-corrected chi connectivity index (χ1v) is 9.76. The summed E-state index contributed by atoms with van der Waals surface area (Å²) in [6.07, 6.45) is 1.43. The monoisotopic (exact) mass is 460 g/mol. The first-order valence-electron chi connectivity index (χ1n) is 8.09. The van der Waals surface area contributed by atoms with Crippen LogP contribution in [0.3, 0.4) is 0 Å². The van der Waals surface area contributed by atoms with Crippen LogP contribution in [0.1, 0.15) is 5.56 Å². The summed E-state index contributed by atoms with van der Waals surface area (Å²) in [5, 5.41) is 17.9. The third-order valence-corrected chi connectivity index (χ3v) is 5.66. The lowest BCUT2D eigenvalue weighted by Gasteiger charge is -2.06. The third-order valence-electron chi connectivity index (χ3n) is 4.06. The molecule has 0 spiro atoms. The second kappa shape index (κ2) is 7.56. The molecule has 0 radical (unpaired) electrons. The molecule has 0 N–H and O–H groups in total. The van der Waals surface area contributed by atoms with E-state index in [0.717, 1.165) is 15.7 Å². The molecule has 10 heteroatoms. The zero-order chi connectivity index (χ0) is 19.7. The van der Waals surface area contributed by atoms with Crippen molar-refractivity contribution in [2.45, 2.75) is 0 Å². The van der Waals surface area contributed by atoms with Crippen LogP contribution in [-0.4, -0.2) is 29.7 Å². The van der Waals surface area contributed by atoms with Crippen molar-refractivity contribution in [1.82, 2.24) is 4.68 Å². The summed E-state index contributed by atoms with van der Waals surface area (Å²) in [5.74, 6) is 0.805. The number of hydrogen-bond acceptors (Lipinski definition) is 7. The number of thiazole rings is 1. The van der Waals surface area contributed by atoms with Gasteiger partial charge in [0.15, 0.2) is 11.5 Å². The Hall–Kier alpha value is -2.98. The van der Waals surface area contributed by atoms with E-state index in [0.29, 0.717) is 21.9 Å². The van der Waals surface area contributed by atoms with Gasteiger partial charge >= 0.3 is 0 Å². The number of nitrogens with zero attached hydrogens (tertiary/aromatic N) is 4. The Morgan fingerprint density at radius 1 is 1.29 bits per heavy atom. The van der Waals surface area contributed by atoms with Gasteiger partial charge in [0.05, 0.1) is 28.5 Å². The van der Waals surface area contributed by atoms with Crippen LogP contribution in [0.4, 0.5) is 5.69 Å². The van der Waals surface area contributed by atoms with Gasteiger partial charge in [0, 0.05) is 22.5 Å². The number of fused-ring (bicyclic) bond motifs is 1. The maximum Gasteiger partial charge on any atom is 0.282 e. The predicted molar refractivity (Wildman–Crippen MR) is 109 cm³/mol. The molecule has 1 aliphatic heterocycles. The summed E-state index contributed by atoms with van der Waals surface area (Å²) >= 11 is 4.98. The first kappa shape index (κ1) is 18.4. The minimum atomic E-state index is -0.471. The highest BCUT2D eigenvalue weighted by Crippen LogP contribution is 2.37. The molecule has 0 amide bonds. The Kier molecular flexibility index (Phi) is 4.97. The van der Waals surface area contributed by atoms with E-state index in [1.807, 2.05) is 29.6 Å². The quantitative estimate of drug-likeness (QED) is 0.333. The van der Waals surface area contributed by atoms with Crippen molar-refractivity contribution < 1.29 is 14.4 Å². The van der Waals surface area contributed by atoms with Crippen molar-refractivity contribution in [2.75, 3.05) is 13.8 Å². The molecule has 0 fully saturated rings. The van der Waals surface area contributed by atoms with Crippen LogP contribution < -0.4 is 14.3 Å². The van der Waals surface area contributed by atoms with Crippen molar-refractivity contribution in [3.8, 4) is 22.8 Å². The topological polar surface area (TPSA) is 91.2 Å². The van der Waals surface area contributed by atoms with Gasteiger partial charge in [0.25, 0.3) is 5.69 Å². The number of ether oxygens (including phenoxy) is 2. The number of rotatable bonds is 4. The van der Waals surface area contributed by atoms with Gasteiger partial charge in [-0.2, -0.15) is 5.10 Å². The standard InChI is InChI=1S/C18H13BrN4O4S/c1-20-18-22(15(9-28-18)12-4-2-3-5-13(12)19)21-8-11-6-16-17(27-10-26-16)7-14(11)23(24)25/h2-9H,10H2,1H3. The fourth-order valence-electron chi connectivity index (χ4n) is 2.75. The molecular formula is C18H13BrN4O4S. The highest BCUT2D eigenvalue weighted by atomic mass is 79.9. The molecule has 2 heterocycles. The molecule has 0 atom stereocenters. The molecule has 3 aromatic rings. The van der Waals surface area contributed by atoms with Crippen LogP contribution in [0, 0.1) is 10.1 Å². The summed E-state index contributed by atoms with van der Waals surface area (Å²) in [7, 11) is 1.67. The van der Waals surface area contributed by atoms with Crippen molar-refractivity contribution in [3.63, 3.8) is 0 Å². The van der Waals surface area contributed by atoms with Gasteiger partial charge in [-0.05, 0) is 12.1 Å². The van der Waals surface area contributed by atoms with Gasteiger partial charge in [-0.3, -0.25) is 15.1 Å². The van der Waals surface area contributed by atoms with E-state index in [2.05, 4.69) is 26.0 Å². The summed E-state index contributed by atoms with van der Waals surface area (Å²) in [6, 6.07) is 10.7. The van der Waals surface area contributed by atoms with Crippen LogP contribution in [0.5, 0.6) is 11.5 Å². The predicted octanol–water partition coefficient (Wildman–Crippen LogP) is 4.03. The van der Waals surface area contributed by atoms with Gasteiger partial charge in [-0.15, -0.1) is 11.3 Å². The van der Waals surface area contributed by atoms with Crippen LogP contribution in [0.15, 0.2) is 56.3 Å². The van der Waals surface area contributed by atoms with E-state index in [4.69, 9.17) is 9.47 Å². The van der Waals surface area contributed by atoms with E-state index in [9.17, 15) is 10.1 Å². The molecule has 0 bridgehead atoms. The minimum Gasteiger partial charge on any atom is -0.454 e. The highest BCUT2D eigenvalue weighted by Gasteiger charge is 2.22. The fourth-order valence-corrected chi connectivity index (χ4v) is 4.03. The van der Waals surface area contributed by atoms with Gasteiger partial charge in [-0.1, -0.05) is 34.1 Å². The molecule has 28 heavy (non-hydrogen) atoms. The van der Waals surface area contributed by atoms with E-state index in [1.54, 1.807) is 17.8 Å². The summed E-state index contributed by atoms with van der Waals surface area (Å²) in [5.41, 5.74) is 1.96. The van der Waals surface area contributed by atoms with Crippen molar-refractivity contribution in [2.24, 2.45) is 10.1 Å². The molecule has 0 saturated carbocycles. The Balaban J connectivity index is 1.83. The molecule has 8 nitrogen and oxygen atoms in total. The summed E-state index contributed by atoms with van der Waals surface area (Å²) in [4.78, 5) is 15.9. The first-order chi connectivity index (χ1) is 13.6. The van der Waals surface area contributed by atoms with Crippen molar-refractivity contribution >= 4 is 39.2 Å². The van der Waals surface area contributed by atoms with E-state index in [1.165, 1.54) is 23.6 Å². The maximum atomic E-state index is 11.5. The molecule has 2 aromatic carbocycles. The van der Waals surface area contributed by atoms with Crippen molar-refractivity contribution in [3.05, 3.63) is 66.7 Å². The Morgan fingerprint density at radius 2 is 2.04 bits per heavy atom. The smallest absolute Gasteiger partial charge is 0.282 e. The SMILES string of the molecule is CN=c1scc(-c2ccccc2Br)n1N=Cc1cc2c(cc1[N+](=O)[O-])OCO2. The zero-order valence-corrected chi connectivity index (χ0v) is 16.9. The largest absolute Gasteiger partial charge is 0.454 e. The van der Waals surface area contributed by atoms with Crippen LogP contribution in [0.2, 0.25) is 0 Å². The van der Waals surface area contributed by atoms with Crippen LogP contribution >= 0.6 is 27.3 Å². The lowest BCUT2D eigenvalue weighted by molar-refractivity contribution is -0.385.